The number of benzene rings is 1. The molecule has 3 N–H and O–H groups in total. The van der Waals surface area contributed by atoms with Gasteiger partial charge in [0.2, 0.25) is 0 Å². The van der Waals surface area contributed by atoms with Crippen molar-refractivity contribution in [3.05, 3.63) is 29.8 Å². The Kier molecular flexibility index (Phi) is 6.47. The van der Waals surface area contributed by atoms with Crippen molar-refractivity contribution in [3.8, 4) is 0 Å². The fraction of sp³-hybridized carbons (Fsp3) is 0.562. The van der Waals surface area contributed by atoms with Crippen molar-refractivity contribution in [3.63, 3.8) is 0 Å². The SMILES string of the molecule is CC[C@@](C)(O)CNC(=O)Nc1cccc(C2SCCCS2)c1. The number of hydrogen-bond acceptors (Lipinski definition) is 4. The van der Waals surface area contributed by atoms with Gasteiger partial charge in [-0.25, -0.2) is 4.79 Å². The summed E-state index contributed by atoms with van der Waals surface area (Å²) in [4.78, 5) is 11.9. The zero-order chi connectivity index (χ0) is 16.0. The van der Waals surface area contributed by atoms with Gasteiger partial charge >= 0.3 is 6.03 Å². The molecule has 0 unspecified atom stereocenters. The normalized spacial score (nSPS) is 18.5. The molecule has 2 amide bonds. The maximum absolute atomic E-state index is 11.9. The van der Waals surface area contributed by atoms with Crippen molar-refractivity contribution in [2.45, 2.75) is 36.9 Å². The number of hydrogen-bond donors (Lipinski definition) is 3. The van der Waals surface area contributed by atoms with Crippen molar-refractivity contribution in [1.29, 1.82) is 0 Å². The number of amides is 2. The Balaban J connectivity index is 1.91. The third kappa shape index (κ3) is 5.41. The first-order valence-electron chi connectivity index (χ1n) is 7.60. The maximum Gasteiger partial charge on any atom is 0.319 e. The molecule has 0 bridgehead atoms. The number of urea groups is 1. The highest BCUT2D eigenvalue weighted by molar-refractivity contribution is 8.16. The van der Waals surface area contributed by atoms with Gasteiger partial charge in [0.05, 0.1) is 10.2 Å². The van der Waals surface area contributed by atoms with Crippen LogP contribution in [0.2, 0.25) is 0 Å². The van der Waals surface area contributed by atoms with E-state index in [0.717, 1.165) is 5.69 Å². The summed E-state index contributed by atoms with van der Waals surface area (Å²) in [6.45, 7) is 3.84. The molecule has 1 heterocycles. The number of rotatable bonds is 5. The van der Waals surface area contributed by atoms with E-state index in [9.17, 15) is 9.90 Å². The lowest BCUT2D eigenvalue weighted by Crippen LogP contribution is -2.41. The van der Waals surface area contributed by atoms with Gasteiger partial charge in [0.25, 0.3) is 0 Å². The highest BCUT2D eigenvalue weighted by atomic mass is 32.2. The van der Waals surface area contributed by atoms with E-state index >= 15 is 0 Å². The van der Waals surface area contributed by atoms with Gasteiger partial charge in [-0.05, 0) is 49.0 Å². The second-order valence-corrected chi connectivity index (χ2v) is 8.44. The number of thioether (sulfide) groups is 2. The average molecular weight is 341 g/mol. The first kappa shape index (κ1) is 17.5. The minimum Gasteiger partial charge on any atom is -0.388 e. The number of aliphatic hydroxyl groups is 1. The van der Waals surface area contributed by atoms with Crippen LogP contribution in [0.1, 0.15) is 36.8 Å². The lowest BCUT2D eigenvalue weighted by atomic mass is 10.0. The first-order chi connectivity index (χ1) is 10.5. The van der Waals surface area contributed by atoms with Crippen LogP contribution in [0.5, 0.6) is 0 Å². The van der Waals surface area contributed by atoms with E-state index < -0.39 is 5.60 Å². The summed E-state index contributed by atoms with van der Waals surface area (Å²) in [6, 6.07) is 7.73. The van der Waals surface area contributed by atoms with Crippen molar-refractivity contribution < 1.29 is 9.90 Å². The maximum atomic E-state index is 11.9. The molecule has 22 heavy (non-hydrogen) atoms. The van der Waals surface area contributed by atoms with Crippen LogP contribution < -0.4 is 10.6 Å². The third-order valence-electron chi connectivity index (χ3n) is 3.64. The molecule has 6 heteroatoms. The van der Waals surface area contributed by atoms with E-state index in [0.29, 0.717) is 11.0 Å². The highest BCUT2D eigenvalue weighted by Crippen LogP contribution is 2.43. The van der Waals surface area contributed by atoms with Crippen molar-refractivity contribution in [2.24, 2.45) is 0 Å². The molecule has 1 saturated heterocycles. The van der Waals surface area contributed by atoms with Crippen LogP contribution in [0.3, 0.4) is 0 Å². The minimum absolute atomic E-state index is 0.239. The first-order valence-corrected chi connectivity index (χ1v) is 9.70. The van der Waals surface area contributed by atoms with Gasteiger partial charge in [-0.1, -0.05) is 19.1 Å². The summed E-state index contributed by atoms with van der Waals surface area (Å²) in [5.74, 6) is 2.39. The molecule has 1 atom stereocenters. The number of carbonyl (C=O) groups is 1. The fourth-order valence-corrected chi connectivity index (χ4v) is 4.89. The molecule has 1 aliphatic heterocycles. The van der Waals surface area contributed by atoms with E-state index in [1.54, 1.807) is 6.92 Å². The van der Waals surface area contributed by atoms with Gasteiger partial charge in [0.15, 0.2) is 0 Å². The molecule has 122 valence electrons. The van der Waals surface area contributed by atoms with Gasteiger partial charge in [-0.15, -0.1) is 23.5 Å². The summed E-state index contributed by atoms with van der Waals surface area (Å²) in [6.07, 6.45) is 1.86. The van der Waals surface area contributed by atoms with E-state index in [1.807, 2.05) is 48.6 Å². The molecular formula is C16H24N2O2S2. The topological polar surface area (TPSA) is 61.4 Å². The Bertz CT molecular complexity index is 503. The van der Waals surface area contributed by atoms with Crippen LogP contribution in [-0.2, 0) is 0 Å². The van der Waals surface area contributed by atoms with Gasteiger partial charge in [-0.3, -0.25) is 0 Å². The summed E-state index contributed by atoms with van der Waals surface area (Å²) in [7, 11) is 0. The van der Waals surface area contributed by atoms with Crippen LogP contribution in [0.4, 0.5) is 10.5 Å². The number of nitrogens with one attached hydrogen (secondary N) is 2. The van der Waals surface area contributed by atoms with E-state index in [2.05, 4.69) is 16.7 Å². The van der Waals surface area contributed by atoms with Gasteiger partial charge in [0.1, 0.15) is 0 Å². The fourth-order valence-electron chi connectivity index (χ4n) is 2.01. The predicted octanol–water partition coefficient (Wildman–Crippen LogP) is 3.84. The van der Waals surface area contributed by atoms with Gasteiger partial charge < -0.3 is 15.7 Å². The standard InChI is InChI=1S/C16H24N2O2S2/c1-3-16(2,20)11-17-15(19)18-13-7-4-6-12(10-13)14-21-8-5-9-22-14/h4,6-7,10,14,20H,3,5,8-9,11H2,1-2H3,(H2,17,18,19)/t16-/m1/s1. The van der Waals surface area contributed by atoms with Crippen LogP contribution in [0.25, 0.3) is 0 Å². The minimum atomic E-state index is -0.867. The molecule has 4 nitrogen and oxygen atoms in total. The Morgan fingerprint density at radius 3 is 2.82 bits per heavy atom. The zero-order valence-electron chi connectivity index (χ0n) is 13.1. The highest BCUT2D eigenvalue weighted by Gasteiger charge is 2.19. The Morgan fingerprint density at radius 2 is 2.14 bits per heavy atom. The quantitative estimate of drug-likeness (QED) is 0.762. The van der Waals surface area contributed by atoms with E-state index in [1.165, 1.54) is 23.5 Å². The van der Waals surface area contributed by atoms with Crippen molar-refractivity contribution in [1.82, 2.24) is 5.32 Å². The summed E-state index contributed by atoms with van der Waals surface area (Å²) in [5.41, 5.74) is 1.17. The summed E-state index contributed by atoms with van der Waals surface area (Å²) < 4.78 is 0.458. The van der Waals surface area contributed by atoms with Crippen molar-refractivity contribution >= 4 is 35.2 Å². The average Bonchev–Trinajstić information content (AvgIpc) is 2.54. The Labute approximate surface area is 140 Å². The molecule has 2 rings (SSSR count). The molecule has 0 aromatic heterocycles. The van der Waals surface area contributed by atoms with Gasteiger partial charge in [-0.2, -0.15) is 0 Å². The van der Waals surface area contributed by atoms with Crippen LogP contribution in [0.15, 0.2) is 24.3 Å². The molecule has 0 spiro atoms. The number of anilines is 1. The molecule has 1 fully saturated rings. The molecule has 0 saturated carbocycles. The number of carbonyl (C=O) groups excluding carboxylic acids is 1. The lowest BCUT2D eigenvalue weighted by molar-refractivity contribution is 0.0587. The summed E-state index contributed by atoms with van der Waals surface area (Å²) >= 11 is 3.92. The monoisotopic (exact) mass is 340 g/mol. The second-order valence-electron chi connectivity index (χ2n) is 5.71. The molecule has 0 aliphatic carbocycles. The second kappa shape index (κ2) is 8.13. The van der Waals surface area contributed by atoms with E-state index in [-0.39, 0.29) is 12.6 Å². The molecule has 0 radical (unpaired) electrons. The van der Waals surface area contributed by atoms with Gasteiger partial charge in [0, 0.05) is 12.2 Å². The van der Waals surface area contributed by atoms with Crippen LogP contribution in [-0.4, -0.2) is 34.8 Å². The van der Waals surface area contributed by atoms with Crippen LogP contribution >= 0.6 is 23.5 Å². The lowest BCUT2D eigenvalue weighted by Gasteiger charge is -2.22. The van der Waals surface area contributed by atoms with Crippen molar-refractivity contribution in [2.75, 3.05) is 23.4 Å². The Hall–Kier alpha value is -0.850. The van der Waals surface area contributed by atoms with Crippen LogP contribution in [0, 0.1) is 0 Å². The smallest absolute Gasteiger partial charge is 0.319 e. The molecular weight excluding hydrogens is 316 g/mol. The third-order valence-corrected chi connectivity index (χ3v) is 6.65. The molecule has 1 aromatic rings. The zero-order valence-corrected chi connectivity index (χ0v) is 14.7. The molecule has 1 aromatic carbocycles. The molecule has 1 aliphatic rings. The largest absolute Gasteiger partial charge is 0.388 e. The summed E-state index contributed by atoms with van der Waals surface area (Å²) in [5, 5.41) is 15.5. The Morgan fingerprint density at radius 1 is 1.41 bits per heavy atom. The van der Waals surface area contributed by atoms with E-state index in [4.69, 9.17) is 0 Å². The predicted molar refractivity (Wildman–Crippen MR) is 96.7 cm³/mol.